The van der Waals surface area contributed by atoms with Gasteiger partial charge in [-0.3, -0.25) is 0 Å². The van der Waals surface area contributed by atoms with Crippen molar-refractivity contribution in [2.45, 2.75) is 33.6 Å². The number of rotatable bonds is 6. The topological polar surface area (TPSA) is 12.0 Å². The van der Waals surface area contributed by atoms with Crippen molar-refractivity contribution in [1.82, 2.24) is 5.32 Å². The standard InChI is InChI=1S/C8H17N.CH4/c1-3-5-6-8-9-7-4-2;/h4,9H,2-3,5-8H2,1H3;1H4. The van der Waals surface area contributed by atoms with Crippen molar-refractivity contribution in [2.24, 2.45) is 0 Å². The van der Waals surface area contributed by atoms with E-state index < -0.39 is 0 Å². The molecule has 0 atom stereocenters. The zero-order valence-corrected chi connectivity index (χ0v) is 6.32. The predicted molar refractivity (Wildman–Crippen MR) is 49.3 cm³/mol. The Labute approximate surface area is 65.5 Å². The van der Waals surface area contributed by atoms with Crippen LogP contribution < -0.4 is 5.32 Å². The van der Waals surface area contributed by atoms with E-state index in [1.807, 2.05) is 6.08 Å². The van der Waals surface area contributed by atoms with E-state index in [2.05, 4.69) is 18.8 Å². The van der Waals surface area contributed by atoms with Gasteiger partial charge in [0.15, 0.2) is 0 Å². The molecule has 0 aromatic rings. The molecule has 0 saturated carbocycles. The van der Waals surface area contributed by atoms with Gasteiger partial charge in [0.05, 0.1) is 0 Å². The lowest BCUT2D eigenvalue weighted by molar-refractivity contribution is 0.647. The maximum atomic E-state index is 3.62. The van der Waals surface area contributed by atoms with E-state index in [1.54, 1.807) is 0 Å². The minimum atomic E-state index is 0. The molecule has 62 valence electrons. The SMILES string of the molecule is C.C=CCNCCCCC. The predicted octanol–water partition coefficient (Wildman–Crippen LogP) is 2.59. The van der Waals surface area contributed by atoms with E-state index in [4.69, 9.17) is 0 Å². The summed E-state index contributed by atoms with van der Waals surface area (Å²) in [4.78, 5) is 0. The van der Waals surface area contributed by atoms with Gasteiger partial charge in [-0.2, -0.15) is 0 Å². The van der Waals surface area contributed by atoms with Crippen LogP contribution in [-0.2, 0) is 0 Å². The molecule has 0 amide bonds. The summed E-state index contributed by atoms with van der Waals surface area (Å²) in [5.41, 5.74) is 0. The van der Waals surface area contributed by atoms with Gasteiger partial charge >= 0.3 is 0 Å². The lowest BCUT2D eigenvalue weighted by Crippen LogP contribution is -2.14. The lowest BCUT2D eigenvalue weighted by Gasteiger charge is -1.98. The van der Waals surface area contributed by atoms with E-state index in [0.29, 0.717) is 0 Å². The third-order valence-corrected chi connectivity index (χ3v) is 1.25. The maximum absolute atomic E-state index is 3.62. The number of hydrogen-bond acceptors (Lipinski definition) is 1. The average Bonchev–Trinajstić information content (AvgIpc) is 1.89. The molecule has 0 aliphatic carbocycles. The molecule has 0 bridgehead atoms. The second kappa shape index (κ2) is 11.5. The zero-order valence-electron chi connectivity index (χ0n) is 6.32. The Bertz CT molecular complexity index is 59.7. The fourth-order valence-electron chi connectivity index (χ4n) is 0.704. The highest BCUT2D eigenvalue weighted by molar-refractivity contribution is 4.68. The summed E-state index contributed by atoms with van der Waals surface area (Å²) in [6.45, 7) is 7.92. The van der Waals surface area contributed by atoms with Crippen LogP contribution in [0.25, 0.3) is 0 Å². The molecule has 0 aromatic carbocycles. The fourth-order valence-corrected chi connectivity index (χ4v) is 0.704. The Balaban J connectivity index is 0. The van der Waals surface area contributed by atoms with Crippen molar-refractivity contribution < 1.29 is 0 Å². The molecule has 0 aromatic heterocycles. The van der Waals surface area contributed by atoms with Gasteiger partial charge in [-0.1, -0.05) is 33.3 Å². The van der Waals surface area contributed by atoms with E-state index in [-0.39, 0.29) is 7.43 Å². The zero-order chi connectivity index (χ0) is 6.95. The Kier molecular flexibility index (Phi) is 14.2. The van der Waals surface area contributed by atoms with Gasteiger partial charge in [-0.15, -0.1) is 6.58 Å². The van der Waals surface area contributed by atoms with Crippen LogP contribution in [0.5, 0.6) is 0 Å². The van der Waals surface area contributed by atoms with Gasteiger partial charge in [-0.25, -0.2) is 0 Å². The first-order valence-electron chi connectivity index (χ1n) is 3.73. The van der Waals surface area contributed by atoms with Crippen LogP contribution in [0.1, 0.15) is 33.6 Å². The van der Waals surface area contributed by atoms with Gasteiger partial charge in [-0.05, 0) is 13.0 Å². The third kappa shape index (κ3) is 10.6. The van der Waals surface area contributed by atoms with Crippen molar-refractivity contribution in [1.29, 1.82) is 0 Å². The molecule has 1 N–H and O–H groups in total. The van der Waals surface area contributed by atoms with E-state index in [9.17, 15) is 0 Å². The van der Waals surface area contributed by atoms with E-state index in [1.165, 1.54) is 19.3 Å². The molecule has 0 fully saturated rings. The van der Waals surface area contributed by atoms with Crippen LogP contribution in [0.2, 0.25) is 0 Å². The molecule has 1 nitrogen and oxygen atoms in total. The minimum absolute atomic E-state index is 0. The summed E-state index contributed by atoms with van der Waals surface area (Å²) in [5.74, 6) is 0. The maximum Gasteiger partial charge on any atom is 0.0132 e. The van der Waals surface area contributed by atoms with Crippen molar-refractivity contribution in [2.75, 3.05) is 13.1 Å². The first kappa shape index (κ1) is 12.4. The quantitative estimate of drug-likeness (QED) is 0.445. The van der Waals surface area contributed by atoms with E-state index >= 15 is 0 Å². The van der Waals surface area contributed by atoms with Gasteiger partial charge in [0.1, 0.15) is 0 Å². The molecule has 0 rings (SSSR count). The minimum Gasteiger partial charge on any atom is -0.313 e. The molecule has 0 radical (unpaired) electrons. The molecule has 0 aliphatic rings. The van der Waals surface area contributed by atoms with Crippen molar-refractivity contribution >= 4 is 0 Å². The van der Waals surface area contributed by atoms with Crippen molar-refractivity contribution in [3.05, 3.63) is 12.7 Å². The van der Waals surface area contributed by atoms with Crippen LogP contribution in [0.15, 0.2) is 12.7 Å². The largest absolute Gasteiger partial charge is 0.313 e. The molecule has 1 heteroatoms. The molecular weight excluding hydrogens is 122 g/mol. The number of nitrogens with one attached hydrogen (secondary N) is 1. The molecule has 0 heterocycles. The highest BCUT2D eigenvalue weighted by atomic mass is 14.8. The Morgan fingerprint density at radius 1 is 1.40 bits per heavy atom. The van der Waals surface area contributed by atoms with Crippen LogP contribution in [-0.4, -0.2) is 13.1 Å². The van der Waals surface area contributed by atoms with E-state index in [0.717, 1.165) is 13.1 Å². The Hall–Kier alpha value is -0.300. The summed E-state index contributed by atoms with van der Waals surface area (Å²) < 4.78 is 0. The summed E-state index contributed by atoms with van der Waals surface area (Å²) in [6, 6.07) is 0. The highest BCUT2D eigenvalue weighted by Crippen LogP contribution is 1.90. The lowest BCUT2D eigenvalue weighted by atomic mass is 10.2. The van der Waals surface area contributed by atoms with Crippen molar-refractivity contribution in [3.63, 3.8) is 0 Å². The van der Waals surface area contributed by atoms with Crippen LogP contribution in [0.4, 0.5) is 0 Å². The smallest absolute Gasteiger partial charge is 0.0132 e. The monoisotopic (exact) mass is 143 g/mol. The van der Waals surface area contributed by atoms with Gasteiger partial charge in [0, 0.05) is 6.54 Å². The van der Waals surface area contributed by atoms with Gasteiger partial charge < -0.3 is 5.32 Å². The molecule has 10 heavy (non-hydrogen) atoms. The summed E-state index contributed by atoms with van der Waals surface area (Å²) in [5, 5.41) is 3.25. The van der Waals surface area contributed by atoms with Gasteiger partial charge in [0.2, 0.25) is 0 Å². The Morgan fingerprint density at radius 2 is 2.10 bits per heavy atom. The Morgan fingerprint density at radius 3 is 2.60 bits per heavy atom. The third-order valence-electron chi connectivity index (χ3n) is 1.25. The summed E-state index contributed by atoms with van der Waals surface area (Å²) in [6.07, 6.45) is 5.83. The first-order valence-corrected chi connectivity index (χ1v) is 3.73. The summed E-state index contributed by atoms with van der Waals surface area (Å²) in [7, 11) is 0. The average molecular weight is 143 g/mol. The van der Waals surface area contributed by atoms with Gasteiger partial charge in [0.25, 0.3) is 0 Å². The molecule has 0 aliphatic heterocycles. The highest BCUT2D eigenvalue weighted by Gasteiger charge is 1.82. The molecule has 0 spiro atoms. The molecule has 0 unspecified atom stereocenters. The molecular formula is C9H21N. The normalized spacial score (nSPS) is 8.50. The van der Waals surface area contributed by atoms with Crippen LogP contribution in [0, 0.1) is 0 Å². The second-order valence-electron chi connectivity index (χ2n) is 2.20. The van der Waals surface area contributed by atoms with Crippen LogP contribution in [0.3, 0.4) is 0 Å². The number of hydrogen-bond donors (Lipinski definition) is 1. The first-order chi connectivity index (χ1) is 4.41. The molecule has 0 saturated heterocycles. The second-order valence-corrected chi connectivity index (χ2v) is 2.20. The fraction of sp³-hybridized carbons (Fsp3) is 0.778. The number of unbranched alkanes of at least 4 members (excludes halogenated alkanes) is 2. The summed E-state index contributed by atoms with van der Waals surface area (Å²) >= 11 is 0. The van der Waals surface area contributed by atoms with Crippen LogP contribution >= 0.6 is 0 Å². The van der Waals surface area contributed by atoms with Crippen molar-refractivity contribution in [3.8, 4) is 0 Å².